The Balaban J connectivity index is 1.63. The highest BCUT2D eigenvalue weighted by Gasteiger charge is 2.39. The molecule has 1 aliphatic rings. The Hall–Kier alpha value is -4.74. The Morgan fingerprint density at radius 1 is 0.538 bits per heavy atom. The summed E-state index contributed by atoms with van der Waals surface area (Å²) in [4.78, 5) is 30.0. The molecule has 186 valence electrons. The van der Waals surface area contributed by atoms with Crippen molar-refractivity contribution >= 4 is 73.6 Å². The molecule has 0 atom stereocenters. The molecule has 1 aliphatic heterocycles. The number of para-hydroxylation sites is 4. The standard InChI is InChI=1S/C34H24N2O2Si/c1-39(2)30-18-9-8-17-27(30)35(21-11-4-3-5-12-21)29-20-28-25(19-31(29)39)34(38)24-15-10-14-23-32(24)36(28)26-16-7-6-13-22(26)33(23)37/h3-20H,1-2H3. The molecule has 0 unspecified atom stereocenters. The van der Waals surface area contributed by atoms with Crippen molar-refractivity contribution in [2.24, 2.45) is 0 Å². The van der Waals surface area contributed by atoms with Crippen molar-refractivity contribution in [2.45, 2.75) is 13.1 Å². The molecular formula is C34H24N2O2Si. The lowest BCUT2D eigenvalue weighted by Gasteiger charge is -2.41. The van der Waals surface area contributed by atoms with Crippen molar-refractivity contribution in [1.29, 1.82) is 0 Å². The maximum atomic E-state index is 14.1. The van der Waals surface area contributed by atoms with Gasteiger partial charge < -0.3 is 9.30 Å². The van der Waals surface area contributed by atoms with Gasteiger partial charge in [0, 0.05) is 38.6 Å². The first kappa shape index (κ1) is 22.3. The van der Waals surface area contributed by atoms with Crippen LogP contribution in [0.25, 0.3) is 38.1 Å². The molecule has 0 radical (unpaired) electrons. The number of rotatable bonds is 1. The van der Waals surface area contributed by atoms with E-state index in [4.69, 9.17) is 0 Å². The van der Waals surface area contributed by atoms with E-state index in [1.165, 1.54) is 16.1 Å². The van der Waals surface area contributed by atoms with Gasteiger partial charge in [-0.05, 0) is 65.0 Å². The van der Waals surface area contributed by atoms with Crippen molar-refractivity contribution < 1.29 is 0 Å². The van der Waals surface area contributed by atoms with Crippen molar-refractivity contribution in [1.82, 2.24) is 4.40 Å². The number of hydrogen-bond acceptors (Lipinski definition) is 3. The second kappa shape index (κ2) is 7.65. The van der Waals surface area contributed by atoms with Crippen LogP contribution in [0, 0.1) is 0 Å². The number of fused-ring (bicyclic) bond motifs is 6. The highest BCUT2D eigenvalue weighted by molar-refractivity contribution is 7.02. The van der Waals surface area contributed by atoms with Gasteiger partial charge in [-0.3, -0.25) is 9.59 Å². The van der Waals surface area contributed by atoms with Crippen LogP contribution in [-0.4, -0.2) is 12.5 Å². The Morgan fingerprint density at radius 2 is 1.18 bits per heavy atom. The monoisotopic (exact) mass is 520 g/mol. The SMILES string of the molecule is C[Si]1(C)c2ccccc2N(c2ccccc2)c2cc3c(cc21)c(=O)c1cccc2c(=O)c4ccccc4n3c21. The van der Waals surface area contributed by atoms with E-state index in [1.807, 2.05) is 48.5 Å². The lowest BCUT2D eigenvalue weighted by atomic mass is 10.0. The van der Waals surface area contributed by atoms with E-state index in [2.05, 4.69) is 83.1 Å². The Labute approximate surface area is 225 Å². The fourth-order valence-corrected chi connectivity index (χ4v) is 9.60. The van der Waals surface area contributed by atoms with Gasteiger partial charge >= 0.3 is 0 Å². The van der Waals surface area contributed by atoms with Gasteiger partial charge in [0.05, 0.1) is 16.6 Å². The average Bonchev–Trinajstić information content (AvgIpc) is 2.97. The normalized spacial score (nSPS) is 14.3. The molecule has 5 aromatic carbocycles. The molecule has 8 rings (SSSR count). The van der Waals surface area contributed by atoms with Crippen molar-refractivity contribution in [3.63, 3.8) is 0 Å². The zero-order valence-corrected chi connectivity index (χ0v) is 22.6. The predicted molar refractivity (Wildman–Crippen MR) is 165 cm³/mol. The minimum Gasteiger partial charge on any atom is -0.311 e. The summed E-state index contributed by atoms with van der Waals surface area (Å²) < 4.78 is 2.14. The predicted octanol–water partition coefficient (Wildman–Crippen LogP) is 6.16. The Kier molecular flexibility index (Phi) is 4.37. The lowest BCUT2D eigenvalue weighted by molar-refractivity contribution is 1.27. The third-order valence-electron chi connectivity index (χ3n) is 8.48. The number of anilines is 3. The van der Waals surface area contributed by atoms with Crippen molar-refractivity contribution in [2.75, 3.05) is 4.90 Å². The van der Waals surface area contributed by atoms with Crippen LogP contribution in [0.3, 0.4) is 0 Å². The summed E-state index contributed by atoms with van der Waals surface area (Å²) in [5, 5.41) is 5.08. The van der Waals surface area contributed by atoms with Crippen LogP contribution in [0.5, 0.6) is 0 Å². The molecule has 0 bridgehead atoms. The molecule has 0 spiro atoms. The van der Waals surface area contributed by atoms with Crippen LogP contribution in [0.15, 0.2) is 119 Å². The number of pyridine rings is 2. The van der Waals surface area contributed by atoms with Crippen molar-refractivity contribution in [3.05, 3.63) is 130 Å². The van der Waals surface area contributed by atoms with Gasteiger partial charge in [-0.2, -0.15) is 0 Å². The molecule has 0 saturated carbocycles. The Morgan fingerprint density at radius 3 is 1.97 bits per heavy atom. The molecule has 3 heterocycles. The summed E-state index contributed by atoms with van der Waals surface area (Å²) in [7, 11) is -2.17. The van der Waals surface area contributed by atoms with Crippen LogP contribution < -0.4 is 26.1 Å². The molecule has 0 fully saturated rings. The molecule has 4 nitrogen and oxygen atoms in total. The number of aromatic nitrogens is 1. The summed E-state index contributed by atoms with van der Waals surface area (Å²) in [5.74, 6) is 0. The Bertz CT molecular complexity index is 2250. The molecule has 0 saturated heterocycles. The molecule has 0 amide bonds. The summed E-state index contributed by atoms with van der Waals surface area (Å²) >= 11 is 0. The van der Waals surface area contributed by atoms with Gasteiger partial charge in [0.15, 0.2) is 10.9 Å². The van der Waals surface area contributed by atoms with E-state index in [9.17, 15) is 9.59 Å². The number of benzene rings is 5. The number of nitrogens with zero attached hydrogens (tertiary/aromatic N) is 2. The fraction of sp³-hybridized carbons (Fsp3) is 0.0588. The second-order valence-electron chi connectivity index (χ2n) is 10.9. The summed E-state index contributed by atoms with van der Waals surface area (Å²) in [6.07, 6.45) is 0. The fourth-order valence-electron chi connectivity index (χ4n) is 6.63. The molecular weight excluding hydrogens is 496 g/mol. The van der Waals surface area contributed by atoms with E-state index in [1.54, 1.807) is 0 Å². The quantitative estimate of drug-likeness (QED) is 0.148. The van der Waals surface area contributed by atoms with Crippen LogP contribution in [0.1, 0.15) is 0 Å². The maximum Gasteiger partial charge on any atom is 0.197 e. The van der Waals surface area contributed by atoms with Crippen molar-refractivity contribution in [3.8, 4) is 0 Å². The lowest BCUT2D eigenvalue weighted by Crippen LogP contribution is -2.58. The zero-order chi connectivity index (χ0) is 26.5. The second-order valence-corrected chi connectivity index (χ2v) is 15.2. The first-order chi connectivity index (χ1) is 19.0. The van der Waals surface area contributed by atoms with E-state index >= 15 is 0 Å². The van der Waals surface area contributed by atoms with Gasteiger partial charge in [0.1, 0.15) is 8.07 Å². The van der Waals surface area contributed by atoms with E-state index in [0.29, 0.717) is 27.1 Å². The van der Waals surface area contributed by atoms with Gasteiger partial charge in [-0.1, -0.05) is 67.7 Å². The highest BCUT2D eigenvalue weighted by atomic mass is 28.3. The summed E-state index contributed by atoms with van der Waals surface area (Å²) in [6.45, 7) is 4.74. The van der Waals surface area contributed by atoms with E-state index < -0.39 is 8.07 Å². The molecule has 0 aliphatic carbocycles. The third-order valence-corrected chi connectivity index (χ3v) is 12.0. The van der Waals surface area contributed by atoms with Gasteiger partial charge in [-0.15, -0.1) is 0 Å². The van der Waals surface area contributed by atoms with Gasteiger partial charge in [0.2, 0.25) is 0 Å². The summed E-state index contributed by atoms with van der Waals surface area (Å²) in [5.41, 5.74) is 5.62. The smallest absolute Gasteiger partial charge is 0.197 e. The average molecular weight is 521 g/mol. The van der Waals surface area contributed by atoms with Crippen LogP contribution in [0.4, 0.5) is 17.1 Å². The largest absolute Gasteiger partial charge is 0.311 e. The van der Waals surface area contributed by atoms with Gasteiger partial charge in [-0.25, -0.2) is 0 Å². The molecule has 39 heavy (non-hydrogen) atoms. The minimum absolute atomic E-state index is 0.0250. The first-order valence-corrected chi connectivity index (χ1v) is 16.2. The zero-order valence-electron chi connectivity index (χ0n) is 21.6. The third kappa shape index (κ3) is 2.82. The van der Waals surface area contributed by atoms with Gasteiger partial charge in [0.25, 0.3) is 0 Å². The van der Waals surface area contributed by atoms with E-state index in [0.717, 1.165) is 22.4 Å². The molecule has 7 aromatic rings. The summed E-state index contributed by atoms with van der Waals surface area (Å²) in [6, 6.07) is 36.6. The van der Waals surface area contributed by atoms with Crippen LogP contribution >= 0.6 is 0 Å². The molecule has 0 N–H and O–H groups in total. The highest BCUT2D eigenvalue weighted by Crippen LogP contribution is 2.40. The van der Waals surface area contributed by atoms with Crippen LogP contribution in [-0.2, 0) is 0 Å². The minimum atomic E-state index is -2.17. The molecule has 2 aromatic heterocycles. The number of hydrogen-bond donors (Lipinski definition) is 0. The molecule has 5 heteroatoms. The maximum absolute atomic E-state index is 14.1. The van der Waals surface area contributed by atoms with Crippen LogP contribution in [0.2, 0.25) is 13.1 Å². The first-order valence-electron chi connectivity index (χ1n) is 13.2. The topological polar surface area (TPSA) is 41.8 Å². The van der Waals surface area contributed by atoms with E-state index in [-0.39, 0.29) is 10.9 Å².